The Morgan fingerprint density at radius 2 is 1.14 bits per heavy atom. The average Bonchev–Trinajstić information content (AvgIpc) is 2.47. The fourth-order valence-corrected chi connectivity index (χ4v) is 3.35. The molecule has 0 saturated carbocycles. The minimum absolute atomic E-state index is 0.861. The molecule has 1 unspecified atom stereocenters. The summed E-state index contributed by atoms with van der Waals surface area (Å²) in [5.41, 5.74) is 0. The molecule has 0 amide bonds. The Morgan fingerprint density at radius 3 is 1.68 bits per heavy atom. The van der Waals surface area contributed by atoms with E-state index in [1.807, 2.05) is 0 Å². The maximum atomic E-state index is 3.62. The highest BCUT2D eigenvalue weighted by atomic mass is 14.8. The summed E-state index contributed by atoms with van der Waals surface area (Å²) in [4.78, 5) is 0. The molecule has 0 saturated heterocycles. The average molecular weight is 312 g/mol. The van der Waals surface area contributed by atoms with Crippen molar-refractivity contribution in [1.29, 1.82) is 0 Å². The zero-order chi connectivity index (χ0) is 16.5. The lowest BCUT2D eigenvalue weighted by atomic mass is 9.94. The molecule has 1 heteroatoms. The number of hydrogen-bond acceptors (Lipinski definition) is 1. The molecule has 1 atom stereocenters. The standard InChI is InChI=1S/C21H45N/c1-5-6-7-8-9-10-11-12-14-17-22-18-15-13-16-21(4)19-20(2)3/h20-22H,5-19H2,1-4H3. The molecule has 0 radical (unpaired) electrons. The van der Waals surface area contributed by atoms with Crippen LogP contribution in [0.4, 0.5) is 0 Å². The molecule has 0 aromatic heterocycles. The summed E-state index contributed by atoms with van der Waals surface area (Å²) < 4.78 is 0. The lowest BCUT2D eigenvalue weighted by molar-refractivity contribution is 0.399. The van der Waals surface area contributed by atoms with E-state index >= 15 is 0 Å². The fourth-order valence-electron chi connectivity index (χ4n) is 3.35. The van der Waals surface area contributed by atoms with Gasteiger partial charge in [-0.1, -0.05) is 91.9 Å². The van der Waals surface area contributed by atoms with Crippen molar-refractivity contribution < 1.29 is 0 Å². The van der Waals surface area contributed by atoms with Crippen LogP contribution in [0.3, 0.4) is 0 Å². The lowest BCUT2D eigenvalue weighted by Gasteiger charge is -2.13. The molecule has 0 rings (SSSR count). The normalized spacial score (nSPS) is 13.0. The largest absolute Gasteiger partial charge is 0.317 e. The van der Waals surface area contributed by atoms with Gasteiger partial charge in [0.2, 0.25) is 0 Å². The van der Waals surface area contributed by atoms with Crippen LogP contribution in [-0.2, 0) is 0 Å². The molecule has 134 valence electrons. The topological polar surface area (TPSA) is 12.0 Å². The molecule has 0 aliphatic rings. The van der Waals surface area contributed by atoms with Crippen LogP contribution in [0.5, 0.6) is 0 Å². The molecular formula is C21H45N. The molecule has 0 heterocycles. The zero-order valence-corrected chi connectivity index (χ0v) is 16.3. The minimum Gasteiger partial charge on any atom is -0.317 e. The first-order valence-electron chi connectivity index (χ1n) is 10.4. The summed E-state index contributed by atoms with van der Waals surface area (Å²) >= 11 is 0. The Hall–Kier alpha value is -0.0400. The second-order valence-corrected chi connectivity index (χ2v) is 7.81. The second-order valence-electron chi connectivity index (χ2n) is 7.81. The Kier molecular flexibility index (Phi) is 17.3. The van der Waals surface area contributed by atoms with Gasteiger partial charge in [-0.3, -0.25) is 0 Å². The molecule has 1 N–H and O–H groups in total. The van der Waals surface area contributed by atoms with Gasteiger partial charge in [-0.25, -0.2) is 0 Å². The molecule has 0 spiro atoms. The van der Waals surface area contributed by atoms with Crippen molar-refractivity contribution in [3.05, 3.63) is 0 Å². The Bertz CT molecular complexity index is 200. The first kappa shape index (κ1) is 22.0. The molecule has 0 aromatic rings. The maximum absolute atomic E-state index is 3.62. The van der Waals surface area contributed by atoms with E-state index in [2.05, 4.69) is 33.0 Å². The van der Waals surface area contributed by atoms with Gasteiger partial charge < -0.3 is 5.32 Å². The van der Waals surface area contributed by atoms with Gasteiger partial charge in [-0.05, 0) is 44.2 Å². The van der Waals surface area contributed by atoms with Crippen LogP contribution in [0, 0.1) is 11.8 Å². The van der Waals surface area contributed by atoms with Crippen molar-refractivity contribution in [2.75, 3.05) is 13.1 Å². The SMILES string of the molecule is CCCCCCCCCCCNCCCCC(C)CC(C)C. The summed E-state index contributed by atoms with van der Waals surface area (Å²) in [7, 11) is 0. The van der Waals surface area contributed by atoms with Gasteiger partial charge in [0, 0.05) is 0 Å². The van der Waals surface area contributed by atoms with E-state index in [9.17, 15) is 0 Å². The third kappa shape index (κ3) is 18.0. The van der Waals surface area contributed by atoms with Crippen molar-refractivity contribution in [3.8, 4) is 0 Å². The summed E-state index contributed by atoms with van der Waals surface area (Å²) in [5, 5.41) is 3.62. The highest BCUT2D eigenvalue weighted by molar-refractivity contribution is 4.58. The Morgan fingerprint density at radius 1 is 0.636 bits per heavy atom. The van der Waals surface area contributed by atoms with E-state index in [1.54, 1.807) is 0 Å². The summed E-state index contributed by atoms with van der Waals surface area (Å²) in [6, 6.07) is 0. The molecule has 0 aliphatic heterocycles. The molecular weight excluding hydrogens is 266 g/mol. The van der Waals surface area contributed by atoms with Crippen molar-refractivity contribution in [2.24, 2.45) is 11.8 Å². The van der Waals surface area contributed by atoms with Crippen molar-refractivity contribution in [3.63, 3.8) is 0 Å². The van der Waals surface area contributed by atoms with Crippen LogP contribution in [0.25, 0.3) is 0 Å². The van der Waals surface area contributed by atoms with Gasteiger partial charge in [-0.2, -0.15) is 0 Å². The van der Waals surface area contributed by atoms with Gasteiger partial charge in [-0.15, -0.1) is 0 Å². The van der Waals surface area contributed by atoms with Gasteiger partial charge in [0.25, 0.3) is 0 Å². The van der Waals surface area contributed by atoms with Crippen LogP contribution in [0.2, 0.25) is 0 Å². The van der Waals surface area contributed by atoms with Crippen molar-refractivity contribution in [1.82, 2.24) is 5.32 Å². The highest BCUT2D eigenvalue weighted by Crippen LogP contribution is 2.16. The predicted octanol–water partition coefficient (Wildman–Crippen LogP) is 6.96. The van der Waals surface area contributed by atoms with Gasteiger partial charge in [0.05, 0.1) is 0 Å². The van der Waals surface area contributed by atoms with E-state index in [1.165, 1.54) is 96.6 Å². The monoisotopic (exact) mass is 311 g/mol. The zero-order valence-electron chi connectivity index (χ0n) is 16.3. The number of rotatable bonds is 17. The third-order valence-corrected chi connectivity index (χ3v) is 4.63. The molecule has 0 aliphatic carbocycles. The quantitative estimate of drug-likeness (QED) is 0.286. The van der Waals surface area contributed by atoms with E-state index in [0.29, 0.717) is 0 Å². The smallest absolute Gasteiger partial charge is 0.00489 e. The summed E-state index contributed by atoms with van der Waals surface area (Å²) in [6.07, 6.45) is 18.4. The number of nitrogens with one attached hydrogen (secondary N) is 1. The van der Waals surface area contributed by atoms with Gasteiger partial charge in [0.1, 0.15) is 0 Å². The minimum atomic E-state index is 0.861. The second kappa shape index (κ2) is 17.3. The maximum Gasteiger partial charge on any atom is -0.00489 e. The predicted molar refractivity (Wildman–Crippen MR) is 103 cm³/mol. The Balaban J connectivity index is 3.05. The number of unbranched alkanes of at least 4 members (excludes halogenated alkanes) is 9. The fraction of sp³-hybridized carbons (Fsp3) is 1.00. The number of hydrogen-bond donors (Lipinski definition) is 1. The molecule has 22 heavy (non-hydrogen) atoms. The molecule has 1 nitrogen and oxygen atoms in total. The van der Waals surface area contributed by atoms with E-state index < -0.39 is 0 Å². The van der Waals surface area contributed by atoms with E-state index in [-0.39, 0.29) is 0 Å². The van der Waals surface area contributed by atoms with Gasteiger partial charge >= 0.3 is 0 Å². The molecule has 0 bridgehead atoms. The van der Waals surface area contributed by atoms with E-state index in [0.717, 1.165) is 11.8 Å². The van der Waals surface area contributed by atoms with E-state index in [4.69, 9.17) is 0 Å². The lowest BCUT2D eigenvalue weighted by Crippen LogP contribution is -2.16. The van der Waals surface area contributed by atoms with Gasteiger partial charge in [0.15, 0.2) is 0 Å². The molecule has 0 fully saturated rings. The first-order valence-corrected chi connectivity index (χ1v) is 10.4. The third-order valence-electron chi connectivity index (χ3n) is 4.63. The molecule has 0 aromatic carbocycles. The van der Waals surface area contributed by atoms with Crippen LogP contribution >= 0.6 is 0 Å². The van der Waals surface area contributed by atoms with Crippen LogP contribution in [-0.4, -0.2) is 13.1 Å². The summed E-state index contributed by atoms with van der Waals surface area (Å²) in [6.45, 7) is 11.8. The highest BCUT2D eigenvalue weighted by Gasteiger charge is 2.04. The summed E-state index contributed by atoms with van der Waals surface area (Å²) in [5.74, 6) is 1.78. The van der Waals surface area contributed by atoms with Crippen LogP contribution in [0.15, 0.2) is 0 Å². The van der Waals surface area contributed by atoms with Crippen LogP contribution in [0.1, 0.15) is 111 Å². The first-order chi connectivity index (χ1) is 10.7. The Labute approximate surface area is 142 Å². The van der Waals surface area contributed by atoms with Crippen molar-refractivity contribution >= 4 is 0 Å². The van der Waals surface area contributed by atoms with Crippen LogP contribution < -0.4 is 5.32 Å². The van der Waals surface area contributed by atoms with Crippen molar-refractivity contribution in [2.45, 2.75) is 111 Å².